The first-order valence-electron chi connectivity index (χ1n) is 6.08. The molecule has 1 saturated carbocycles. The number of nitrogens with two attached hydrogens (primary N) is 1. The first kappa shape index (κ1) is 12.9. The summed E-state index contributed by atoms with van der Waals surface area (Å²) in [6.45, 7) is 8.43. The Labute approximate surface area is 93.6 Å². The lowest BCUT2D eigenvalue weighted by Gasteiger charge is -2.31. The van der Waals surface area contributed by atoms with Crippen LogP contribution in [0.4, 0.5) is 0 Å². The lowest BCUT2D eigenvalue weighted by Crippen LogP contribution is -2.51. The molecule has 0 aromatic carbocycles. The van der Waals surface area contributed by atoms with Crippen LogP contribution in [0.1, 0.15) is 40.0 Å². The van der Waals surface area contributed by atoms with Gasteiger partial charge in [0.2, 0.25) is 0 Å². The Hall–Kier alpha value is -0.120. The van der Waals surface area contributed by atoms with E-state index in [9.17, 15) is 5.11 Å². The van der Waals surface area contributed by atoms with E-state index in [0.717, 1.165) is 25.0 Å². The minimum Gasteiger partial charge on any atom is -0.394 e. The fourth-order valence-electron chi connectivity index (χ4n) is 1.77. The molecule has 0 aromatic heterocycles. The molecule has 0 radical (unpaired) electrons. The molecule has 0 aromatic rings. The topological polar surface area (TPSA) is 49.5 Å². The number of aliphatic hydroxyl groups is 1. The highest BCUT2D eigenvalue weighted by atomic mass is 16.3. The van der Waals surface area contributed by atoms with Gasteiger partial charge in [0.25, 0.3) is 0 Å². The molecule has 90 valence electrons. The summed E-state index contributed by atoms with van der Waals surface area (Å²) >= 11 is 0. The third-order valence-corrected chi connectivity index (χ3v) is 2.98. The van der Waals surface area contributed by atoms with Crippen molar-refractivity contribution in [3.05, 3.63) is 0 Å². The van der Waals surface area contributed by atoms with Gasteiger partial charge in [-0.1, -0.05) is 13.8 Å². The maximum atomic E-state index is 9.17. The smallest absolute Gasteiger partial charge is 0.0621 e. The average molecular weight is 214 g/mol. The molecular weight excluding hydrogens is 188 g/mol. The zero-order chi connectivity index (χ0) is 11.5. The summed E-state index contributed by atoms with van der Waals surface area (Å²) in [5.74, 6) is 0.740. The first-order chi connectivity index (χ1) is 6.94. The molecule has 3 nitrogen and oxygen atoms in total. The van der Waals surface area contributed by atoms with Crippen LogP contribution >= 0.6 is 0 Å². The molecule has 0 aliphatic heterocycles. The van der Waals surface area contributed by atoms with Crippen molar-refractivity contribution in [2.45, 2.75) is 51.6 Å². The molecule has 0 bridgehead atoms. The first-order valence-corrected chi connectivity index (χ1v) is 6.08. The molecule has 0 heterocycles. The lowest BCUT2D eigenvalue weighted by molar-refractivity contribution is 0.139. The third-order valence-electron chi connectivity index (χ3n) is 2.98. The summed E-state index contributed by atoms with van der Waals surface area (Å²) < 4.78 is 0. The second-order valence-corrected chi connectivity index (χ2v) is 5.70. The quantitative estimate of drug-likeness (QED) is 0.669. The molecule has 1 fully saturated rings. The monoisotopic (exact) mass is 214 g/mol. The molecule has 0 saturated heterocycles. The van der Waals surface area contributed by atoms with Crippen LogP contribution < -0.4 is 5.73 Å². The Bertz CT molecular complexity index is 188. The van der Waals surface area contributed by atoms with Crippen molar-refractivity contribution in [2.24, 2.45) is 11.7 Å². The van der Waals surface area contributed by atoms with Gasteiger partial charge >= 0.3 is 0 Å². The zero-order valence-electron chi connectivity index (χ0n) is 10.4. The van der Waals surface area contributed by atoms with E-state index >= 15 is 0 Å². The van der Waals surface area contributed by atoms with Gasteiger partial charge < -0.3 is 10.8 Å². The molecule has 0 amide bonds. The van der Waals surface area contributed by atoms with Crippen molar-refractivity contribution in [2.75, 3.05) is 19.7 Å². The Kier molecular flexibility index (Phi) is 4.56. The molecule has 15 heavy (non-hydrogen) atoms. The Morgan fingerprint density at radius 3 is 2.47 bits per heavy atom. The van der Waals surface area contributed by atoms with Crippen molar-refractivity contribution in [3.63, 3.8) is 0 Å². The van der Waals surface area contributed by atoms with E-state index in [1.807, 2.05) is 6.92 Å². The molecule has 1 rings (SSSR count). The summed E-state index contributed by atoms with van der Waals surface area (Å²) in [6.07, 6.45) is 3.83. The van der Waals surface area contributed by atoms with E-state index < -0.39 is 5.54 Å². The molecule has 3 N–H and O–H groups in total. The van der Waals surface area contributed by atoms with Crippen molar-refractivity contribution in [1.29, 1.82) is 0 Å². The molecule has 1 aliphatic rings. The number of hydrogen-bond donors (Lipinski definition) is 2. The molecular formula is C12H26N2O. The standard InChI is InChI=1S/C12H26N2O/c1-10(2)6-7-14(11-4-5-11)8-12(3,13)9-15/h10-11,15H,4-9,13H2,1-3H3. The molecule has 3 heteroatoms. The van der Waals surface area contributed by atoms with Crippen LogP contribution in [-0.2, 0) is 0 Å². The van der Waals surface area contributed by atoms with E-state index in [1.54, 1.807) is 0 Å². The van der Waals surface area contributed by atoms with E-state index in [0.29, 0.717) is 0 Å². The normalized spacial score (nSPS) is 21.0. The Morgan fingerprint density at radius 2 is 2.07 bits per heavy atom. The van der Waals surface area contributed by atoms with Gasteiger partial charge in [-0.15, -0.1) is 0 Å². The van der Waals surface area contributed by atoms with Crippen LogP contribution in [0.3, 0.4) is 0 Å². The molecule has 1 atom stereocenters. The number of rotatable bonds is 7. The van der Waals surface area contributed by atoms with Gasteiger partial charge in [0.15, 0.2) is 0 Å². The van der Waals surface area contributed by atoms with Crippen molar-refractivity contribution in [1.82, 2.24) is 4.90 Å². The Morgan fingerprint density at radius 1 is 1.47 bits per heavy atom. The summed E-state index contributed by atoms with van der Waals surface area (Å²) in [5.41, 5.74) is 5.55. The molecule has 0 spiro atoms. The minimum atomic E-state index is -0.445. The van der Waals surface area contributed by atoms with Crippen LogP contribution in [0, 0.1) is 5.92 Å². The van der Waals surface area contributed by atoms with Crippen molar-refractivity contribution >= 4 is 0 Å². The minimum absolute atomic E-state index is 0.0674. The second kappa shape index (κ2) is 5.28. The van der Waals surface area contributed by atoms with Gasteiger partial charge in [-0.3, -0.25) is 4.90 Å². The van der Waals surface area contributed by atoms with Gasteiger partial charge in [-0.05, 0) is 38.6 Å². The summed E-state index contributed by atoms with van der Waals surface area (Å²) in [6, 6.07) is 0.734. The van der Waals surface area contributed by atoms with Crippen LogP contribution in [0.25, 0.3) is 0 Å². The fraction of sp³-hybridized carbons (Fsp3) is 1.00. The Balaban J connectivity index is 2.37. The second-order valence-electron chi connectivity index (χ2n) is 5.70. The van der Waals surface area contributed by atoms with Crippen LogP contribution in [-0.4, -0.2) is 41.3 Å². The van der Waals surface area contributed by atoms with Gasteiger partial charge in [0, 0.05) is 18.1 Å². The van der Waals surface area contributed by atoms with Gasteiger partial charge in [-0.2, -0.15) is 0 Å². The van der Waals surface area contributed by atoms with E-state index in [2.05, 4.69) is 18.7 Å². The fourth-order valence-corrected chi connectivity index (χ4v) is 1.77. The number of hydrogen-bond acceptors (Lipinski definition) is 3. The summed E-state index contributed by atoms with van der Waals surface area (Å²) in [5, 5.41) is 9.17. The predicted molar refractivity (Wildman–Crippen MR) is 63.7 cm³/mol. The van der Waals surface area contributed by atoms with Crippen LogP contribution in [0.5, 0.6) is 0 Å². The van der Waals surface area contributed by atoms with E-state index in [4.69, 9.17) is 5.73 Å². The molecule has 1 unspecified atom stereocenters. The number of nitrogens with zero attached hydrogens (tertiary/aromatic N) is 1. The van der Waals surface area contributed by atoms with E-state index in [-0.39, 0.29) is 6.61 Å². The molecule has 1 aliphatic carbocycles. The highest BCUT2D eigenvalue weighted by Gasteiger charge is 2.32. The van der Waals surface area contributed by atoms with Gasteiger partial charge in [0.1, 0.15) is 0 Å². The van der Waals surface area contributed by atoms with Gasteiger partial charge in [-0.25, -0.2) is 0 Å². The van der Waals surface area contributed by atoms with Crippen molar-refractivity contribution < 1.29 is 5.11 Å². The summed E-state index contributed by atoms with van der Waals surface area (Å²) in [4.78, 5) is 2.45. The lowest BCUT2D eigenvalue weighted by atomic mass is 10.0. The highest BCUT2D eigenvalue weighted by molar-refractivity contribution is 4.90. The largest absolute Gasteiger partial charge is 0.394 e. The van der Waals surface area contributed by atoms with Gasteiger partial charge in [0.05, 0.1) is 6.61 Å². The third kappa shape index (κ3) is 4.96. The maximum Gasteiger partial charge on any atom is 0.0621 e. The SMILES string of the molecule is CC(C)CCN(CC(C)(N)CO)C1CC1. The van der Waals surface area contributed by atoms with Crippen LogP contribution in [0.2, 0.25) is 0 Å². The van der Waals surface area contributed by atoms with E-state index in [1.165, 1.54) is 19.3 Å². The highest BCUT2D eigenvalue weighted by Crippen LogP contribution is 2.28. The zero-order valence-corrected chi connectivity index (χ0v) is 10.4. The predicted octanol–water partition coefficient (Wildman–Crippen LogP) is 1.21. The average Bonchev–Trinajstić information content (AvgIpc) is 2.95. The number of aliphatic hydroxyl groups excluding tert-OH is 1. The maximum absolute atomic E-state index is 9.17. The summed E-state index contributed by atoms with van der Waals surface area (Å²) in [7, 11) is 0. The van der Waals surface area contributed by atoms with Crippen molar-refractivity contribution in [3.8, 4) is 0 Å². The van der Waals surface area contributed by atoms with Crippen LogP contribution in [0.15, 0.2) is 0 Å².